The molecule has 0 fully saturated rings. The number of halogens is 6. The molecule has 0 N–H and O–H groups in total. The van der Waals surface area contributed by atoms with Gasteiger partial charge in [0, 0.05) is 12.1 Å². The first-order chi connectivity index (χ1) is 18.8. The fraction of sp³-hybridized carbons (Fsp3) is 0.321. The molecular formula is C28H25F6NO5. The van der Waals surface area contributed by atoms with E-state index >= 15 is 0 Å². The van der Waals surface area contributed by atoms with E-state index in [0.29, 0.717) is 46.3 Å². The average Bonchev–Trinajstić information content (AvgIpc) is 2.93. The molecule has 1 heterocycles. The number of hydrogen-bond acceptors (Lipinski definition) is 5. The van der Waals surface area contributed by atoms with Gasteiger partial charge in [-0.3, -0.25) is 4.79 Å². The Labute approximate surface area is 226 Å². The molecule has 0 saturated carbocycles. The smallest absolute Gasteiger partial charge is 0.416 e. The van der Waals surface area contributed by atoms with Crippen molar-refractivity contribution in [2.24, 2.45) is 0 Å². The maximum atomic E-state index is 13.8. The van der Waals surface area contributed by atoms with Gasteiger partial charge in [-0.15, -0.1) is 0 Å². The summed E-state index contributed by atoms with van der Waals surface area (Å²) >= 11 is 0. The lowest BCUT2D eigenvalue weighted by atomic mass is 9.86. The third-order valence-electron chi connectivity index (χ3n) is 6.69. The van der Waals surface area contributed by atoms with Crippen LogP contribution in [0.2, 0.25) is 0 Å². The molecule has 0 aliphatic carbocycles. The molecular weight excluding hydrogens is 544 g/mol. The van der Waals surface area contributed by atoms with Gasteiger partial charge in [-0.25, -0.2) is 0 Å². The number of amides is 1. The maximum absolute atomic E-state index is 13.8. The molecule has 1 aliphatic heterocycles. The topological polar surface area (TPSA) is 57.2 Å². The lowest BCUT2D eigenvalue weighted by Gasteiger charge is -2.38. The molecule has 0 aromatic heterocycles. The fourth-order valence-electron chi connectivity index (χ4n) is 4.79. The Bertz CT molecular complexity index is 1390. The molecule has 40 heavy (non-hydrogen) atoms. The minimum Gasteiger partial charge on any atom is -0.493 e. The molecule has 0 spiro atoms. The van der Waals surface area contributed by atoms with Crippen molar-refractivity contribution in [3.8, 4) is 23.0 Å². The second kappa shape index (κ2) is 10.8. The van der Waals surface area contributed by atoms with Crippen LogP contribution < -0.4 is 18.9 Å². The van der Waals surface area contributed by atoms with E-state index < -0.39 is 41.0 Å². The van der Waals surface area contributed by atoms with E-state index in [1.165, 1.54) is 33.3 Å². The molecule has 12 heteroatoms. The molecule has 6 nitrogen and oxygen atoms in total. The van der Waals surface area contributed by atoms with Crippen LogP contribution in [-0.4, -0.2) is 45.8 Å². The number of rotatable bonds is 6. The first-order valence-corrected chi connectivity index (χ1v) is 11.9. The Morgan fingerprint density at radius 1 is 0.725 bits per heavy atom. The van der Waals surface area contributed by atoms with Gasteiger partial charge >= 0.3 is 12.4 Å². The van der Waals surface area contributed by atoms with E-state index in [0.717, 1.165) is 5.56 Å². The van der Waals surface area contributed by atoms with E-state index in [-0.39, 0.29) is 19.0 Å². The van der Waals surface area contributed by atoms with Crippen molar-refractivity contribution >= 4 is 5.91 Å². The average molecular weight is 569 g/mol. The van der Waals surface area contributed by atoms with Gasteiger partial charge in [0.2, 0.25) is 0 Å². The molecule has 214 valence electrons. The number of hydrogen-bond donors (Lipinski definition) is 0. The molecule has 0 unspecified atom stereocenters. The summed E-state index contributed by atoms with van der Waals surface area (Å²) in [4.78, 5) is 15.0. The second-order valence-corrected chi connectivity index (χ2v) is 8.97. The Kier molecular flexibility index (Phi) is 7.82. The van der Waals surface area contributed by atoms with Crippen LogP contribution in [0, 0.1) is 0 Å². The van der Waals surface area contributed by atoms with E-state index in [2.05, 4.69) is 0 Å². The molecule has 3 aromatic rings. The number of fused-ring (bicyclic) bond motifs is 1. The van der Waals surface area contributed by atoms with Gasteiger partial charge in [0.25, 0.3) is 5.91 Å². The summed E-state index contributed by atoms with van der Waals surface area (Å²) in [6.07, 6.45) is -9.94. The predicted molar refractivity (Wildman–Crippen MR) is 132 cm³/mol. The van der Waals surface area contributed by atoms with Crippen LogP contribution in [0.25, 0.3) is 0 Å². The molecule has 0 radical (unpaired) electrons. The zero-order valence-corrected chi connectivity index (χ0v) is 21.9. The minimum absolute atomic E-state index is 0.00206. The standard InChI is InChI=1S/C28H25F6NO5/c1-37-21-6-5-16(12-22(21)38-2)25-20-14-24(40-4)23(39-3)11-15(20)7-8-35(25)26(36)17-9-18(27(29,30)31)13-19(10-17)28(32,33)34/h5-6,9-14,25H,7-8H2,1-4H3/t25-/m1/s1. The predicted octanol–water partition coefficient (Wildman–Crippen LogP) is 6.55. The highest BCUT2D eigenvalue weighted by molar-refractivity contribution is 5.95. The highest BCUT2D eigenvalue weighted by Crippen LogP contribution is 2.44. The number of ether oxygens (including phenoxy) is 4. The van der Waals surface area contributed by atoms with Crippen molar-refractivity contribution in [3.63, 3.8) is 0 Å². The van der Waals surface area contributed by atoms with Gasteiger partial charge in [-0.1, -0.05) is 6.07 Å². The molecule has 1 aliphatic rings. The first-order valence-electron chi connectivity index (χ1n) is 11.9. The van der Waals surface area contributed by atoms with E-state index in [1.54, 1.807) is 30.3 Å². The quantitative estimate of drug-likeness (QED) is 0.316. The number of carbonyl (C=O) groups excluding carboxylic acids is 1. The fourth-order valence-corrected chi connectivity index (χ4v) is 4.79. The zero-order chi connectivity index (χ0) is 29.4. The van der Waals surface area contributed by atoms with Crippen LogP contribution in [0.4, 0.5) is 26.3 Å². The van der Waals surface area contributed by atoms with E-state index in [1.807, 2.05) is 0 Å². The Balaban J connectivity index is 1.92. The summed E-state index contributed by atoms with van der Waals surface area (Å²) in [5.74, 6) is 0.467. The SMILES string of the molecule is COc1ccc([C@@H]2c3cc(OC)c(OC)cc3CCN2C(=O)c2cc(C(F)(F)F)cc(C(F)(F)F)c2)cc1OC. The van der Waals surface area contributed by atoms with E-state index in [9.17, 15) is 31.1 Å². The van der Waals surface area contributed by atoms with Gasteiger partial charge in [0.05, 0.1) is 45.6 Å². The van der Waals surface area contributed by atoms with Crippen molar-refractivity contribution < 1.29 is 50.1 Å². The van der Waals surface area contributed by atoms with Gasteiger partial charge in [0.15, 0.2) is 23.0 Å². The van der Waals surface area contributed by atoms with Crippen molar-refractivity contribution in [2.75, 3.05) is 35.0 Å². The van der Waals surface area contributed by atoms with Crippen molar-refractivity contribution in [3.05, 3.63) is 81.9 Å². The van der Waals surface area contributed by atoms with Crippen molar-refractivity contribution in [1.29, 1.82) is 0 Å². The summed E-state index contributed by atoms with van der Waals surface area (Å²) in [7, 11) is 5.73. The zero-order valence-electron chi connectivity index (χ0n) is 21.9. The minimum atomic E-state index is -5.10. The monoisotopic (exact) mass is 569 g/mol. The first kappa shape index (κ1) is 28.9. The highest BCUT2D eigenvalue weighted by Gasteiger charge is 2.40. The van der Waals surface area contributed by atoms with Crippen LogP contribution in [0.1, 0.15) is 44.2 Å². The highest BCUT2D eigenvalue weighted by atomic mass is 19.4. The molecule has 0 saturated heterocycles. The molecule has 4 rings (SSSR count). The summed E-state index contributed by atoms with van der Waals surface area (Å²) in [6, 6.07) is 8.16. The molecule has 1 atom stereocenters. The Morgan fingerprint density at radius 2 is 1.25 bits per heavy atom. The normalized spacial score (nSPS) is 15.3. The largest absolute Gasteiger partial charge is 0.493 e. The van der Waals surface area contributed by atoms with Gasteiger partial charge in [-0.2, -0.15) is 26.3 Å². The number of methoxy groups -OCH3 is 4. The van der Waals surface area contributed by atoms with Crippen LogP contribution in [-0.2, 0) is 18.8 Å². The summed E-state index contributed by atoms with van der Waals surface area (Å²) in [5.41, 5.74) is -2.07. The lowest BCUT2D eigenvalue weighted by molar-refractivity contribution is -0.143. The maximum Gasteiger partial charge on any atom is 0.416 e. The second-order valence-electron chi connectivity index (χ2n) is 8.97. The van der Waals surface area contributed by atoms with Gasteiger partial charge < -0.3 is 23.8 Å². The van der Waals surface area contributed by atoms with Crippen molar-refractivity contribution in [1.82, 2.24) is 4.90 Å². The third-order valence-corrected chi connectivity index (χ3v) is 6.69. The van der Waals surface area contributed by atoms with E-state index in [4.69, 9.17) is 18.9 Å². The summed E-state index contributed by atoms with van der Waals surface area (Å²) < 4.78 is 103. The van der Waals surface area contributed by atoms with Gasteiger partial charge in [0.1, 0.15) is 0 Å². The number of carbonyl (C=O) groups is 1. The number of benzene rings is 3. The number of alkyl halides is 6. The molecule has 1 amide bonds. The molecule has 3 aromatic carbocycles. The summed E-state index contributed by atoms with van der Waals surface area (Å²) in [5, 5.41) is 0. The van der Waals surface area contributed by atoms with Gasteiger partial charge in [-0.05, 0) is 65.6 Å². The van der Waals surface area contributed by atoms with Crippen LogP contribution >= 0.6 is 0 Å². The Morgan fingerprint density at radius 3 is 1.77 bits per heavy atom. The Hall–Kier alpha value is -4.09. The number of nitrogens with zero attached hydrogens (tertiary/aromatic N) is 1. The van der Waals surface area contributed by atoms with Crippen LogP contribution in [0.5, 0.6) is 23.0 Å². The van der Waals surface area contributed by atoms with Crippen LogP contribution in [0.15, 0.2) is 48.5 Å². The molecule has 0 bridgehead atoms. The lowest BCUT2D eigenvalue weighted by Crippen LogP contribution is -2.41. The van der Waals surface area contributed by atoms with Crippen molar-refractivity contribution in [2.45, 2.75) is 24.8 Å². The summed E-state index contributed by atoms with van der Waals surface area (Å²) in [6.45, 7) is -0.00206. The third kappa shape index (κ3) is 5.47. The van der Waals surface area contributed by atoms with Crippen LogP contribution in [0.3, 0.4) is 0 Å².